The van der Waals surface area contributed by atoms with E-state index in [1.165, 1.54) is 7.11 Å². The van der Waals surface area contributed by atoms with Crippen molar-refractivity contribution in [1.82, 2.24) is 0 Å². The highest BCUT2D eigenvalue weighted by atomic mass is 16.5. The lowest BCUT2D eigenvalue weighted by atomic mass is 10.1. The van der Waals surface area contributed by atoms with Crippen LogP contribution >= 0.6 is 0 Å². The van der Waals surface area contributed by atoms with Crippen LogP contribution in [0, 0.1) is 11.3 Å². The fourth-order valence-corrected chi connectivity index (χ4v) is 0.598. The summed E-state index contributed by atoms with van der Waals surface area (Å²) < 4.78 is 4.41. The summed E-state index contributed by atoms with van der Waals surface area (Å²) in [5.74, 6) is -0.613. The van der Waals surface area contributed by atoms with Gasteiger partial charge in [0.15, 0.2) is 0 Å². The molecule has 0 bridgehead atoms. The zero-order valence-corrected chi connectivity index (χ0v) is 7.47. The lowest BCUT2D eigenvalue weighted by molar-refractivity contribution is -0.135. The van der Waals surface area contributed by atoms with Gasteiger partial charge in [-0.25, -0.2) is 4.79 Å². The summed E-state index contributed by atoms with van der Waals surface area (Å²) >= 11 is 0. The second-order valence-corrected chi connectivity index (χ2v) is 2.38. The van der Waals surface area contributed by atoms with Crippen molar-refractivity contribution in [2.75, 3.05) is 7.11 Å². The lowest BCUT2D eigenvalue weighted by Crippen LogP contribution is -2.05. The van der Waals surface area contributed by atoms with E-state index in [1.807, 2.05) is 0 Å². The van der Waals surface area contributed by atoms with Crippen LogP contribution in [-0.2, 0) is 9.53 Å². The minimum absolute atomic E-state index is 0.0185. The van der Waals surface area contributed by atoms with Gasteiger partial charge >= 0.3 is 5.97 Å². The standard InChI is InChI=1S/C9H11NO2/c1-6(2)7(3)8(5-10)9(11)12-4/h1H2,2-4H3. The van der Waals surface area contributed by atoms with E-state index in [0.29, 0.717) is 11.1 Å². The summed E-state index contributed by atoms with van der Waals surface area (Å²) in [6, 6.07) is 1.78. The molecular formula is C9H11NO2. The number of nitriles is 1. The Kier molecular flexibility index (Phi) is 3.78. The molecule has 0 N–H and O–H groups in total. The second kappa shape index (κ2) is 4.35. The third-order valence-corrected chi connectivity index (χ3v) is 1.52. The number of methoxy groups -OCH3 is 1. The molecule has 0 radical (unpaired) electrons. The molecule has 64 valence electrons. The molecule has 0 saturated carbocycles. The first-order valence-corrected chi connectivity index (χ1v) is 3.39. The summed E-state index contributed by atoms with van der Waals surface area (Å²) in [7, 11) is 1.24. The molecule has 0 fully saturated rings. The van der Waals surface area contributed by atoms with E-state index < -0.39 is 5.97 Å². The number of esters is 1. The first-order valence-electron chi connectivity index (χ1n) is 3.39. The average molecular weight is 165 g/mol. The number of hydrogen-bond acceptors (Lipinski definition) is 3. The number of rotatable bonds is 2. The molecular weight excluding hydrogens is 154 g/mol. The van der Waals surface area contributed by atoms with E-state index in [4.69, 9.17) is 5.26 Å². The Morgan fingerprint density at radius 2 is 2.00 bits per heavy atom. The van der Waals surface area contributed by atoms with Crippen LogP contribution in [0.15, 0.2) is 23.3 Å². The van der Waals surface area contributed by atoms with E-state index in [-0.39, 0.29) is 5.57 Å². The van der Waals surface area contributed by atoms with Gasteiger partial charge in [0, 0.05) is 0 Å². The maximum absolute atomic E-state index is 10.9. The van der Waals surface area contributed by atoms with Crippen molar-refractivity contribution in [3.63, 3.8) is 0 Å². The quantitative estimate of drug-likeness (QED) is 0.270. The molecule has 0 aromatic rings. The number of ether oxygens (including phenoxy) is 1. The third-order valence-electron chi connectivity index (χ3n) is 1.52. The van der Waals surface area contributed by atoms with Crippen LogP contribution in [0.25, 0.3) is 0 Å². The normalized spacial score (nSPS) is 11.2. The zero-order chi connectivity index (χ0) is 9.72. The molecule has 0 aromatic carbocycles. The van der Waals surface area contributed by atoms with Crippen LogP contribution in [0.2, 0.25) is 0 Å². The number of nitrogens with zero attached hydrogens (tertiary/aromatic N) is 1. The van der Waals surface area contributed by atoms with Crippen LogP contribution in [0.5, 0.6) is 0 Å². The van der Waals surface area contributed by atoms with Crippen LogP contribution < -0.4 is 0 Å². The van der Waals surface area contributed by atoms with Crippen LogP contribution in [0.3, 0.4) is 0 Å². The number of carbonyl (C=O) groups is 1. The van der Waals surface area contributed by atoms with Gasteiger partial charge < -0.3 is 4.74 Å². The fraction of sp³-hybridized carbons (Fsp3) is 0.333. The van der Waals surface area contributed by atoms with Crippen molar-refractivity contribution >= 4 is 5.97 Å². The van der Waals surface area contributed by atoms with E-state index in [1.54, 1.807) is 19.9 Å². The van der Waals surface area contributed by atoms with E-state index in [2.05, 4.69) is 11.3 Å². The highest BCUT2D eigenvalue weighted by Crippen LogP contribution is 2.12. The molecule has 12 heavy (non-hydrogen) atoms. The first kappa shape index (κ1) is 10.4. The van der Waals surface area contributed by atoms with Crippen molar-refractivity contribution in [2.45, 2.75) is 13.8 Å². The molecule has 0 heterocycles. The topological polar surface area (TPSA) is 50.1 Å². The SMILES string of the molecule is C=C(C)C(C)=C(C#N)C(=O)OC. The minimum Gasteiger partial charge on any atom is -0.465 e. The monoisotopic (exact) mass is 165 g/mol. The van der Waals surface area contributed by atoms with Gasteiger partial charge in [-0.3, -0.25) is 0 Å². The van der Waals surface area contributed by atoms with Gasteiger partial charge in [-0.1, -0.05) is 12.2 Å². The van der Waals surface area contributed by atoms with Gasteiger partial charge in [0.1, 0.15) is 11.6 Å². The van der Waals surface area contributed by atoms with Crippen LogP contribution in [0.1, 0.15) is 13.8 Å². The van der Waals surface area contributed by atoms with Gasteiger partial charge in [-0.15, -0.1) is 0 Å². The molecule has 0 saturated heterocycles. The molecule has 0 aliphatic rings. The highest BCUT2D eigenvalue weighted by Gasteiger charge is 2.12. The summed E-state index contributed by atoms with van der Waals surface area (Å²) in [6.07, 6.45) is 0. The molecule has 0 aliphatic heterocycles. The van der Waals surface area contributed by atoms with E-state index in [9.17, 15) is 4.79 Å². The van der Waals surface area contributed by atoms with Gasteiger partial charge in [-0.2, -0.15) is 5.26 Å². The molecule has 0 unspecified atom stereocenters. The minimum atomic E-state index is -0.613. The Labute approximate surface area is 71.9 Å². The van der Waals surface area contributed by atoms with Crippen molar-refractivity contribution < 1.29 is 9.53 Å². The molecule has 0 aliphatic carbocycles. The molecule has 0 rings (SSSR count). The van der Waals surface area contributed by atoms with E-state index in [0.717, 1.165) is 0 Å². The van der Waals surface area contributed by atoms with Gasteiger partial charge in [0.2, 0.25) is 0 Å². The average Bonchev–Trinajstić information content (AvgIpc) is 2.05. The fourth-order valence-electron chi connectivity index (χ4n) is 0.598. The summed E-state index contributed by atoms with van der Waals surface area (Å²) in [5, 5.41) is 8.60. The number of hydrogen-bond donors (Lipinski definition) is 0. The second-order valence-electron chi connectivity index (χ2n) is 2.38. The summed E-state index contributed by atoms with van der Waals surface area (Å²) in [4.78, 5) is 10.9. The number of carbonyl (C=O) groups excluding carboxylic acids is 1. The molecule has 3 heteroatoms. The molecule has 3 nitrogen and oxygen atoms in total. The summed E-state index contributed by atoms with van der Waals surface area (Å²) in [5.41, 5.74) is 1.28. The van der Waals surface area contributed by atoms with Gasteiger partial charge in [0.25, 0.3) is 0 Å². The molecule has 0 atom stereocenters. The molecule has 0 spiro atoms. The maximum atomic E-state index is 10.9. The van der Waals surface area contributed by atoms with Crippen LogP contribution in [0.4, 0.5) is 0 Å². The first-order chi connectivity index (χ1) is 5.54. The number of allylic oxidation sites excluding steroid dienone is 2. The van der Waals surface area contributed by atoms with Crippen LogP contribution in [-0.4, -0.2) is 13.1 Å². The zero-order valence-electron chi connectivity index (χ0n) is 7.47. The lowest BCUT2D eigenvalue weighted by Gasteiger charge is -2.01. The third kappa shape index (κ3) is 2.24. The van der Waals surface area contributed by atoms with E-state index >= 15 is 0 Å². The predicted molar refractivity (Wildman–Crippen MR) is 45.1 cm³/mol. The van der Waals surface area contributed by atoms with Crippen molar-refractivity contribution in [3.8, 4) is 6.07 Å². The maximum Gasteiger partial charge on any atom is 0.348 e. The predicted octanol–water partition coefficient (Wildman–Crippen LogP) is 1.58. The Morgan fingerprint density at radius 1 is 1.50 bits per heavy atom. The smallest absolute Gasteiger partial charge is 0.348 e. The molecule has 0 aromatic heterocycles. The Balaban J connectivity index is 5.03. The Hall–Kier alpha value is -1.56. The van der Waals surface area contributed by atoms with Gasteiger partial charge in [-0.05, 0) is 19.4 Å². The van der Waals surface area contributed by atoms with Gasteiger partial charge in [0.05, 0.1) is 7.11 Å². The summed E-state index contributed by atoms with van der Waals surface area (Å²) in [6.45, 7) is 7.02. The molecule has 0 amide bonds. The largest absolute Gasteiger partial charge is 0.465 e. The van der Waals surface area contributed by atoms with Crippen molar-refractivity contribution in [1.29, 1.82) is 5.26 Å². The highest BCUT2D eigenvalue weighted by molar-refractivity contribution is 5.94. The Bertz CT molecular complexity index is 281. The van der Waals surface area contributed by atoms with Crippen molar-refractivity contribution in [3.05, 3.63) is 23.3 Å². The Morgan fingerprint density at radius 3 is 2.25 bits per heavy atom. The van der Waals surface area contributed by atoms with Crippen molar-refractivity contribution in [2.24, 2.45) is 0 Å².